The fraction of sp³-hybridized carbons (Fsp3) is 0.636. The topological polar surface area (TPSA) is 144 Å². The first-order valence-electron chi connectivity index (χ1n) is 5.80. The number of nitrogens with one attached hydrogen (secondary N) is 2. The third-order valence-electron chi connectivity index (χ3n) is 2.37. The highest BCUT2D eigenvalue weighted by Gasteiger charge is 2.27. The molecule has 0 aromatic heterocycles. The van der Waals surface area contributed by atoms with Crippen LogP contribution in [0, 0.1) is 5.92 Å². The average Bonchev–Trinajstić information content (AvgIpc) is 2.22. The smallest absolute Gasteiger partial charge is 0.243 e. The minimum atomic E-state index is -1.12. The molecule has 108 valence electrons. The minimum Gasteiger partial charge on any atom is -0.370 e. The molecule has 0 aliphatic rings. The van der Waals surface area contributed by atoms with Gasteiger partial charge in [0.05, 0.1) is 6.42 Å². The monoisotopic (exact) mass is 272 g/mol. The van der Waals surface area contributed by atoms with E-state index in [9.17, 15) is 19.2 Å². The summed E-state index contributed by atoms with van der Waals surface area (Å²) in [5.41, 5.74) is 10.2. The van der Waals surface area contributed by atoms with E-state index in [1.807, 2.05) is 0 Å². The number of hydrogen-bond donors (Lipinski definition) is 4. The SMILES string of the molecule is CC(=O)N[C@@H](CC(N)=O)C(=O)N[C@H](C(N)=O)C(C)C. The summed E-state index contributed by atoms with van der Waals surface area (Å²) >= 11 is 0. The Hall–Kier alpha value is -2.12. The molecule has 0 bridgehead atoms. The summed E-state index contributed by atoms with van der Waals surface area (Å²) in [5.74, 6) is -2.81. The Bertz CT molecular complexity index is 365. The van der Waals surface area contributed by atoms with E-state index in [1.165, 1.54) is 6.92 Å². The first kappa shape index (κ1) is 16.9. The second kappa shape index (κ2) is 7.34. The van der Waals surface area contributed by atoms with Crippen molar-refractivity contribution in [2.24, 2.45) is 17.4 Å². The second-order valence-corrected chi connectivity index (χ2v) is 4.56. The van der Waals surface area contributed by atoms with E-state index in [4.69, 9.17) is 11.5 Å². The van der Waals surface area contributed by atoms with Gasteiger partial charge in [-0.05, 0) is 5.92 Å². The molecule has 8 nitrogen and oxygen atoms in total. The molecule has 0 aliphatic carbocycles. The zero-order valence-electron chi connectivity index (χ0n) is 11.2. The lowest BCUT2D eigenvalue weighted by Gasteiger charge is -2.22. The van der Waals surface area contributed by atoms with Crippen molar-refractivity contribution >= 4 is 23.6 Å². The van der Waals surface area contributed by atoms with E-state index in [2.05, 4.69) is 10.6 Å². The first-order valence-corrected chi connectivity index (χ1v) is 5.80. The van der Waals surface area contributed by atoms with Crippen LogP contribution in [0.2, 0.25) is 0 Å². The van der Waals surface area contributed by atoms with Gasteiger partial charge < -0.3 is 22.1 Å². The fourth-order valence-corrected chi connectivity index (χ4v) is 1.48. The molecule has 0 aliphatic heterocycles. The summed E-state index contributed by atoms with van der Waals surface area (Å²) in [7, 11) is 0. The normalized spacial score (nSPS) is 13.5. The van der Waals surface area contributed by atoms with Gasteiger partial charge in [-0.25, -0.2) is 0 Å². The van der Waals surface area contributed by atoms with Gasteiger partial charge in [-0.15, -0.1) is 0 Å². The van der Waals surface area contributed by atoms with Crippen molar-refractivity contribution in [2.45, 2.75) is 39.3 Å². The van der Waals surface area contributed by atoms with Crippen molar-refractivity contribution < 1.29 is 19.2 Å². The number of primary amides is 2. The molecule has 0 aromatic rings. The number of amides is 4. The van der Waals surface area contributed by atoms with Gasteiger partial charge in [-0.1, -0.05) is 13.8 Å². The number of nitrogens with two attached hydrogens (primary N) is 2. The van der Waals surface area contributed by atoms with Crippen LogP contribution in [0.15, 0.2) is 0 Å². The first-order chi connectivity index (χ1) is 8.65. The zero-order valence-corrected chi connectivity index (χ0v) is 11.2. The van der Waals surface area contributed by atoms with Crippen LogP contribution in [0.5, 0.6) is 0 Å². The van der Waals surface area contributed by atoms with E-state index < -0.39 is 35.7 Å². The molecule has 0 saturated heterocycles. The fourth-order valence-electron chi connectivity index (χ4n) is 1.48. The highest BCUT2D eigenvalue weighted by Crippen LogP contribution is 2.02. The molecule has 6 N–H and O–H groups in total. The Morgan fingerprint density at radius 1 is 1.05 bits per heavy atom. The quantitative estimate of drug-likeness (QED) is 0.424. The summed E-state index contributed by atoms with van der Waals surface area (Å²) in [6.45, 7) is 4.61. The molecule has 8 heteroatoms. The standard InChI is InChI=1S/C11H20N4O4/c1-5(2)9(10(13)18)15-11(19)7(4-8(12)17)14-6(3)16/h5,7,9H,4H2,1-3H3,(H2,12,17)(H2,13,18)(H,14,16)(H,15,19)/t7-,9-/m0/s1. The molecule has 4 amide bonds. The lowest BCUT2D eigenvalue weighted by molar-refractivity contribution is -0.133. The molecule has 0 fully saturated rings. The van der Waals surface area contributed by atoms with E-state index in [-0.39, 0.29) is 12.3 Å². The molecule has 0 saturated carbocycles. The molecule has 0 aromatic carbocycles. The van der Waals surface area contributed by atoms with Gasteiger partial charge in [0.2, 0.25) is 23.6 Å². The number of hydrogen-bond acceptors (Lipinski definition) is 4. The van der Waals surface area contributed by atoms with Crippen LogP contribution in [0.3, 0.4) is 0 Å². The van der Waals surface area contributed by atoms with Gasteiger partial charge in [0.25, 0.3) is 0 Å². The predicted octanol–water partition coefficient (Wildman–Crippen LogP) is -2.01. The molecule has 0 radical (unpaired) electrons. The third-order valence-corrected chi connectivity index (χ3v) is 2.37. The van der Waals surface area contributed by atoms with E-state index >= 15 is 0 Å². The van der Waals surface area contributed by atoms with Gasteiger partial charge >= 0.3 is 0 Å². The van der Waals surface area contributed by atoms with Crippen molar-refractivity contribution in [2.75, 3.05) is 0 Å². The van der Waals surface area contributed by atoms with Gasteiger partial charge in [0, 0.05) is 6.92 Å². The summed E-state index contributed by atoms with van der Waals surface area (Å²) in [6, 6.07) is -1.99. The second-order valence-electron chi connectivity index (χ2n) is 4.56. The molecule has 0 unspecified atom stereocenters. The molecule has 19 heavy (non-hydrogen) atoms. The van der Waals surface area contributed by atoms with Gasteiger partial charge in [0.15, 0.2) is 0 Å². The van der Waals surface area contributed by atoms with Crippen molar-refractivity contribution in [1.29, 1.82) is 0 Å². The van der Waals surface area contributed by atoms with Crippen LogP contribution in [-0.2, 0) is 19.2 Å². The van der Waals surface area contributed by atoms with Gasteiger partial charge in [-0.3, -0.25) is 19.2 Å². The molecule has 0 spiro atoms. The van der Waals surface area contributed by atoms with Crippen molar-refractivity contribution in [3.05, 3.63) is 0 Å². The average molecular weight is 272 g/mol. The zero-order chi connectivity index (χ0) is 15.2. The third kappa shape index (κ3) is 6.39. The van der Waals surface area contributed by atoms with Crippen LogP contribution in [-0.4, -0.2) is 35.7 Å². The van der Waals surface area contributed by atoms with Crippen molar-refractivity contribution in [3.8, 4) is 0 Å². The summed E-state index contributed by atoms with van der Waals surface area (Å²) in [4.78, 5) is 44.9. The largest absolute Gasteiger partial charge is 0.370 e. The highest BCUT2D eigenvalue weighted by atomic mass is 16.2. The van der Waals surface area contributed by atoms with Crippen LogP contribution in [0.25, 0.3) is 0 Å². The maximum atomic E-state index is 11.9. The Morgan fingerprint density at radius 3 is 1.89 bits per heavy atom. The van der Waals surface area contributed by atoms with Crippen LogP contribution in [0.4, 0.5) is 0 Å². The summed E-state index contributed by atoms with van der Waals surface area (Å²) in [6.07, 6.45) is -0.352. The van der Waals surface area contributed by atoms with Crippen LogP contribution < -0.4 is 22.1 Å². The lowest BCUT2D eigenvalue weighted by Crippen LogP contribution is -2.55. The lowest BCUT2D eigenvalue weighted by atomic mass is 10.0. The molecular weight excluding hydrogens is 252 g/mol. The summed E-state index contributed by atoms with van der Waals surface area (Å²) in [5, 5.41) is 4.68. The Morgan fingerprint density at radius 2 is 1.58 bits per heavy atom. The van der Waals surface area contributed by atoms with E-state index in [0.717, 1.165) is 0 Å². The minimum absolute atomic E-state index is 0.215. The number of carbonyl (C=O) groups excluding carboxylic acids is 4. The molecule has 0 heterocycles. The Balaban J connectivity index is 4.83. The highest BCUT2D eigenvalue weighted by molar-refractivity contribution is 5.94. The molecular formula is C11H20N4O4. The maximum Gasteiger partial charge on any atom is 0.243 e. The van der Waals surface area contributed by atoms with Gasteiger partial charge in [-0.2, -0.15) is 0 Å². The molecule has 2 atom stereocenters. The number of carbonyl (C=O) groups is 4. The van der Waals surface area contributed by atoms with Crippen molar-refractivity contribution in [1.82, 2.24) is 10.6 Å². The Kier molecular flexibility index (Phi) is 6.53. The predicted molar refractivity (Wildman–Crippen MR) is 67.4 cm³/mol. The van der Waals surface area contributed by atoms with E-state index in [1.54, 1.807) is 13.8 Å². The van der Waals surface area contributed by atoms with Gasteiger partial charge in [0.1, 0.15) is 12.1 Å². The van der Waals surface area contributed by atoms with Crippen LogP contribution in [0.1, 0.15) is 27.2 Å². The summed E-state index contributed by atoms with van der Waals surface area (Å²) < 4.78 is 0. The number of rotatable bonds is 7. The van der Waals surface area contributed by atoms with E-state index in [0.29, 0.717) is 0 Å². The van der Waals surface area contributed by atoms with Crippen LogP contribution >= 0.6 is 0 Å². The Labute approximate surface area is 111 Å². The maximum absolute atomic E-state index is 11.9. The van der Waals surface area contributed by atoms with Crippen molar-refractivity contribution in [3.63, 3.8) is 0 Å². The molecule has 0 rings (SSSR count).